The first-order valence-corrected chi connectivity index (χ1v) is 10.5. The lowest BCUT2D eigenvalue weighted by atomic mass is 10.0. The number of nitriles is 1. The lowest BCUT2D eigenvalue weighted by Gasteiger charge is -2.18. The molecule has 1 atom stereocenters. The Morgan fingerprint density at radius 2 is 1.84 bits per heavy atom. The van der Waals surface area contributed by atoms with E-state index in [1.165, 1.54) is 0 Å². The molecule has 1 N–H and O–H groups in total. The normalized spacial score (nSPS) is 11.9. The van der Waals surface area contributed by atoms with Crippen molar-refractivity contribution >= 4 is 23.2 Å². The molecule has 0 amide bonds. The molecule has 3 rings (SSSR count). The Hall–Kier alpha value is -3.14. The molecule has 0 radical (unpaired) electrons. The third kappa shape index (κ3) is 5.32. The Labute approximate surface area is 188 Å². The summed E-state index contributed by atoms with van der Waals surface area (Å²) in [5, 5.41) is 18.4. The second-order valence-electron chi connectivity index (χ2n) is 8.02. The number of anilines is 1. The fourth-order valence-corrected chi connectivity index (χ4v) is 3.54. The fourth-order valence-electron chi connectivity index (χ4n) is 3.42. The van der Waals surface area contributed by atoms with Gasteiger partial charge in [-0.3, -0.25) is 4.79 Å². The van der Waals surface area contributed by atoms with E-state index < -0.39 is 0 Å². The summed E-state index contributed by atoms with van der Waals surface area (Å²) in [6.45, 7) is 5.60. The van der Waals surface area contributed by atoms with Crippen LogP contribution in [-0.4, -0.2) is 47.6 Å². The lowest BCUT2D eigenvalue weighted by molar-refractivity contribution is 0.103. The number of ketones is 1. The second-order valence-corrected chi connectivity index (χ2v) is 8.45. The summed E-state index contributed by atoms with van der Waals surface area (Å²) < 4.78 is 1.61. The summed E-state index contributed by atoms with van der Waals surface area (Å²) in [6.07, 6.45) is 0. The van der Waals surface area contributed by atoms with Gasteiger partial charge in [-0.1, -0.05) is 48.4 Å². The number of halogens is 1. The van der Waals surface area contributed by atoms with Crippen molar-refractivity contribution in [1.82, 2.24) is 14.7 Å². The van der Waals surface area contributed by atoms with E-state index >= 15 is 0 Å². The molecule has 2 aromatic carbocycles. The van der Waals surface area contributed by atoms with E-state index in [0.717, 1.165) is 12.1 Å². The number of rotatable bonds is 8. The van der Waals surface area contributed by atoms with Crippen molar-refractivity contribution in [2.24, 2.45) is 5.92 Å². The molecule has 0 saturated carbocycles. The molecule has 0 saturated heterocycles. The second kappa shape index (κ2) is 9.78. The van der Waals surface area contributed by atoms with Crippen LogP contribution in [0, 0.1) is 24.2 Å². The first kappa shape index (κ1) is 22.5. The van der Waals surface area contributed by atoms with Crippen LogP contribution in [0.15, 0.2) is 48.5 Å². The first-order valence-electron chi connectivity index (χ1n) is 10.1. The highest BCUT2D eigenvalue weighted by Gasteiger charge is 2.25. The summed E-state index contributed by atoms with van der Waals surface area (Å²) in [6, 6.07) is 16.6. The number of nitrogens with one attached hydrogen (secondary N) is 1. The van der Waals surface area contributed by atoms with Crippen LogP contribution in [0.2, 0.25) is 5.02 Å². The van der Waals surface area contributed by atoms with E-state index in [1.807, 2.05) is 45.3 Å². The molecule has 0 aliphatic rings. The molecule has 160 valence electrons. The van der Waals surface area contributed by atoms with Gasteiger partial charge in [0.25, 0.3) is 0 Å². The maximum absolute atomic E-state index is 13.2. The largest absolute Gasteiger partial charge is 0.369 e. The maximum atomic E-state index is 13.2. The predicted octanol–water partition coefficient (Wildman–Crippen LogP) is 4.55. The smallest absolute Gasteiger partial charge is 0.214 e. The van der Waals surface area contributed by atoms with Gasteiger partial charge in [0.05, 0.1) is 5.69 Å². The summed E-state index contributed by atoms with van der Waals surface area (Å²) in [7, 11) is 4.04. The standard InChI is InChI=1S/C24H26ClN5O/c1-16-5-7-18(8-6-16)23(31)22-21(13-26)24(27-14-17(2)15-29(3)4)30(28-22)20-11-9-19(25)10-12-20/h5-12,17,27H,14-15H2,1-4H3. The number of nitrogens with zero attached hydrogens (tertiary/aromatic N) is 4. The van der Waals surface area contributed by atoms with Crippen LogP contribution in [0.5, 0.6) is 0 Å². The van der Waals surface area contributed by atoms with E-state index in [4.69, 9.17) is 11.6 Å². The van der Waals surface area contributed by atoms with Crippen LogP contribution in [0.1, 0.15) is 34.1 Å². The van der Waals surface area contributed by atoms with Crippen molar-refractivity contribution < 1.29 is 4.79 Å². The molecule has 0 fully saturated rings. The molecule has 0 aliphatic carbocycles. The average Bonchev–Trinajstić information content (AvgIpc) is 3.10. The molecule has 0 aliphatic heterocycles. The molecule has 6 nitrogen and oxygen atoms in total. The van der Waals surface area contributed by atoms with E-state index in [-0.39, 0.29) is 17.0 Å². The highest BCUT2D eigenvalue weighted by molar-refractivity contribution is 6.30. The van der Waals surface area contributed by atoms with Crippen LogP contribution in [0.25, 0.3) is 5.69 Å². The third-order valence-electron chi connectivity index (χ3n) is 4.89. The topological polar surface area (TPSA) is 74.0 Å². The highest BCUT2D eigenvalue weighted by atomic mass is 35.5. The molecule has 7 heteroatoms. The van der Waals surface area contributed by atoms with Gasteiger partial charge in [-0.2, -0.15) is 10.4 Å². The number of aryl methyl sites for hydroxylation is 1. The number of benzene rings is 2. The van der Waals surface area contributed by atoms with Gasteiger partial charge in [-0.05, 0) is 51.2 Å². The van der Waals surface area contributed by atoms with Gasteiger partial charge in [0.15, 0.2) is 5.69 Å². The van der Waals surface area contributed by atoms with Crippen molar-refractivity contribution in [2.45, 2.75) is 13.8 Å². The Morgan fingerprint density at radius 3 is 2.42 bits per heavy atom. The van der Waals surface area contributed by atoms with Gasteiger partial charge in [-0.15, -0.1) is 0 Å². The van der Waals surface area contributed by atoms with Crippen molar-refractivity contribution in [2.75, 3.05) is 32.5 Å². The number of hydrogen-bond acceptors (Lipinski definition) is 5. The monoisotopic (exact) mass is 435 g/mol. The minimum absolute atomic E-state index is 0.129. The van der Waals surface area contributed by atoms with Gasteiger partial charge in [0.1, 0.15) is 17.5 Å². The quantitative estimate of drug-likeness (QED) is 0.525. The maximum Gasteiger partial charge on any atom is 0.214 e. The molecule has 1 unspecified atom stereocenters. The Balaban J connectivity index is 2.05. The van der Waals surface area contributed by atoms with Crippen LogP contribution >= 0.6 is 11.6 Å². The first-order chi connectivity index (χ1) is 14.8. The van der Waals surface area contributed by atoms with Gasteiger partial charge in [-0.25, -0.2) is 4.68 Å². The average molecular weight is 436 g/mol. The number of carbonyl (C=O) groups excluding carboxylic acids is 1. The molecule has 3 aromatic rings. The zero-order valence-corrected chi connectivity index (χ0v) is 18.9. The van der Waals surface area contributed by atoms with Crippen molar-refractivity contribution in [3.63, 3.8) is 0 Å². The van der Waals surface area contributed by atoms with E-state index in [1.54, 1.807) is 28.9 Å². The summed E-state index contributed by atoms with van der Waals surface area (Å²) in [5.41, 5.74) is 2.63. The van der Waals surface area contributed by atoms with Gasteiger partial charge < -0.3 is 10.2 Å². The summed E-state index contributed by atoms with van der Waals surface area (Å²) in [4.78, 5) is 15.3. The molecule has 0 bridgehead atoms. The molecule has 1 heterocycles. The lowest BCUT2D eigenvalue weighted by Crippen LogP contribution is -2.25. The zero-order chi connectivity index (χ0) is 22.5. The number of carbonyl (C=O) groups is 1. The third-order valence-corrected chi connectivity index (χ3v) is 5.14. The van der Waals surface area contributed by atoms with Crippen molar-refractivity contribution in [3.8, 4) is 11.8 Å². The van der Waals surface area contributed by atoms with Gasteiger partial charge >= 0.3 is 0 Å². The molecular formula is C24H26ClN5O. The van der Waals surface area contributed by atoms with Gasteiger partial charge in [0.2, 0.25) is 5.78 Å². The van der Waals surface area contributed by atoms with E-state index in [0.29, 0.717) is 34.6 Å². The Bertz CT molecular complexity index is 1090. The molecule has 1 aromatic heterocycles. The number of hydrogen-bond donors (Lipinski definition) is 1. The summed E-state index contributed by atoms with van der Waals surface area (Å²) >= 11 is 6.04. The van der Waals surface area contributed by atoms with Crippen LogP contribution < -0.4 is 5.32 Å². The van der Waals surface area contributed by atoms with Crippen molar-refractivity contribution in [1.29, 1.82) is 5.26 Å². The summed E-state index contributed by atoms with van der Waals surface area (Å²) in [5.74, 6) is 0.547. The van der Waals surface area contributed by atoms with E-state index in [9.17, 15) is 10.1 Å². The number of aromatic nitrogens is 2. The molecular weight excluding hydrogens is 410 g/mol. The highest BCUT2D eigenvalue weighted by Crippen LogP contribution is 2.26. The SMILES string of the molecule is Cc1ccc(C(=O)c2nn(-c3ccc(Cl)cc3)c(NCC(C)CN(C)C)c2C#N)cc1. The minimum Gasteiger partial charge on any atom is -0.369 e. The van der Waals surface area contributed by atoms with Crippen LogP contribution in [0.3, 0.4) is 0 Å². The minimum atomic E-state index is -0.284. The Morgan fingerprint density at radius 1 is 1.19 bits per heavy atom. The van der Waals surface area contributed by atoms with Crippen LogP contribution in [-0.2, 0) is 0 Å². The van der Waals surface area contributed by atoms with E-state index in [2.05, 4.69) is 28.3 Å². The zero-order valence-electron chi connectivity index (χ0n) is 18.2. The Kier molecular flexibility index (Phi) is 7.11. The predicted molar refractivity (Wildman–Crippen MR) is 124 cm³/mol. The fraction of sp³-hybridized carbons (Fsp3) is 0.292. The van der Waals surface area contributed by atoms with Crippen molar-refractivity contribution in [3.05, 3.63) is 75.9 Å². The van der Waals surface area contributed by atoms with Crippen LogP contribution in [0.4, 0.5) is 5.82 Å². The molecule has 0 spiro atoms. The van der Waals surface area contributed by atoms with Gasteiger partial charge in [0, 0.05) is 23.7 Å². The molecule has 31 heavy (non-hydrogen) atoms.